The number of benzene rings is 1. The van der Waals surface area contributed by atoms with Crippen molar-refractivity contribution in [2.45, 2.75) is 27.3 Å². The number of phenols is 1. The molecular formula is C21H27N3O3. The van der Waals surface area contributed by atoms with E-state index in [-0.39, 0.29) is 5.97 Å². The van der Waals surface area contributed by atoms with E-state index in [1.54, 1.807) is 19.2 Å². The number of anilines is 1. The minimum atomic E-state index is -0.338. The van der Waals surface area contributed by atoms with Crippen LogP contribution in [0.25, 0.3) is 0 Å². The highest BCUT2D eigenvalue weighted by Crippen LogP contribution is 2.24. The van der Waals surface area contributed by atoms with Crippen LogP contribution in [0.2, 0.25) is 0 Å². The van der Waals surface area contributed by atoms with E-state index in [0.29, 0.717) is 17.9 Å². The van der Waals surface area contributed by atoms with Gasteiger partial charge in [0.2, 0.25) is 0 Å². The van der Waals surface area contributed by atoms with Gasteiger partial charge in [-0.15, -0.1) is 0 Å². The fourth-order valence-corrected chi connectivity index (χ4v) is 3.27. The zero-order valence-corrected chi connectivity index (χ0v) is 16.2. The first kappa shape index (κ1) is 19.2. The molecule has 1 aliphatic heterocycles. The zero-order valence-electron chi connectivity index (χ0n) is 16.2. The highest BCUT2D eigenvalue weighted by molar-refractivity contribution is 5.89. The molecule has 1 aromatic carbocycles. The van der Waals surface area contributed by atoms with Gasteiger partial charge in [-0.2, -0.15) is 0 Å². The lowest BCUT2D eigenvalue weighted by atomic mass is 10.0. The smallest absolute Gasteiger partial charge is 0.339 e. The summed E-state index contributed by atoms with van der Waals surface area (Å²) >= 11 is 0. The van der Waals surface area contributed by atoms with Crippen molar-refractivity contribution in [3.63, 3.8) is 0 Å². The van der Waals surface area contributed by atoms with Gasteiger partial charge in [-0.1, -0.05) is 6.07 Å². The summed E-state index contributed by atoms with van der Waals surface area (Å²) in [6.07, 6.45) is 1.58. The number of aromatic nitrogens is 1. The molecule has 1 saturated heterocycles. The first-order chi connectivity index (χ1) is 13.0. The van der Waals surface area contributed by atoms with Crippen LogP contribution in [0.4, 0.5) is 5.82 Å². The number of pyridine rings is 1. The normalized spacial score (nSPS) is 15.0. The van der Waals surface area contributed by atoms with Crippen molar-refractivity contribution < 1.29 is 14.6 Å². The monoisotopic (exact) mass is 369 g/mol. The van der Waals surface area contributed by atoms with Crippen molar-refractivity contribution in [1.29, 1.82) is 0 Å². The highest BCUT2D eigenvalue weighted by Gasteiger charge is 2.19. The summed E-state index contributed by atoms with van der Waals surface area (Å²) in [4.78, 5) is 20.7. The average Bonchev–Trinajstić information content (AvgIpc) is 2.67. The Labute approximate surface area is 160 Å². The minimum Gasteiger partial charge on any atom is -0.508 e. The molecule has 1 N–H and O–H groups in total. The van der Waals surface area contributed by atoms with Gasteiger partial charge in [-0.05, 0) is 50.1 Å². The highest BCUT2D eigenvalue weighted by atomic mass is 16.5. The van der Waals surface area contributed by atoms with Gasteiger partial charge in [-0.3, -0.25) is 4.90 Å². The van der Waals surface area contributed by atoms with Gasteiger partial charge < -0.3 is 14.7 Å². The topological polar surface area (TPSA) is 65.9 Å². The molecule has 0 bridgehead atoms. The molecular weight excluding hydrogens is 342 g/mol. The molecule has 6 heteroatoms. The number of aryl methyl sites for hydroxylation is 2. The Kier molecular flexibility index (Phi) is 5.96. The van der Waals surface area contributed by atoms with Gasteiger partial charge in [0, 0.05) is 44.5 Å². The number of hydrogen-bond acceptors (Lipinski definition) is 6. The maximum absolute atomic E-state index is 11.7. The fraction of sp³-hybridized carbons (Fsp3) is 0.429. The molecule has 0 atom stereocenters. The van der Waals surface area contributed by atoms with Crippen LogP contribution < -0.4 is 4.90 Å². The Balaban J connectivity index is 1.57. The Hall–Kier alpha value is -2.60. The van der Waals surface area contributed by atoms with E-state index in [1.807, 2.05) is 19.1 Å². The summed E-state index contributed by atoms with van der Waals surface area (Å²) in [6.45, 7) is 10.5. The standard InChI is InChI=1S/C21H27N3O3/c1-4-27-21(26)17-5-6-20(22-13-17)24-9-7-23(8-10-24)14-18-11-15(2)16(3)12-19(18)25/h5-6,11-13,25H,4,7-10,14H2,1-3H3. The molecule has 1 aliphatic rings. The Morgan fingerprint density at radius 3 is 2.48 bits per heavy atom. The second kappa shape index (κ2) is 8.39. The minimum absolute atomic E-state index is 0.338. The van der Waals surface area contributed by atoms with Gasteiger partial charge in [0.1, 0.15) is 11.6 Å². The van der Waals surface area contributed by atoms with Crippen LogP contribution in [0.1, 0.15) is 34.0 Å². The molecule has 0 radical (unpaired) electrons. The van der Waals surface area contributed by atoms with E-state index in [4.69, 9.17) is 4.74 Å². The van der Waals surface area contributed by atoms with E-state index in [0.717, 1.165) is 49.7 Å². The van der Waals surface area contributed by atoms with Crippen molar-refractivity contribution in [1.82, 2.24) is 9.88 Å². The van der Waals surface area contributed by atoms with Crippen molar-refractivity contribution in [2.75, 3.05) is 37.7 Å². The molecule has 6 nitrogen and oxygen atoms in total. The van der Waals surface area contributed by atoms with Crippen LogP contribution in [0, 0.1) is 13.8 Å². The molecule has 3 rings (SSSR count). The number of rotatable bonds is 5. The van der Waals surface area contributed by atoms with Crippen LogP contribution in [-0.2, 0) is 11.3 Å². The van der Waals surface area contributed by atoms with Gasteiger partial charge >= 0.3 is 5.97 Å². The predicted molar refractivity (Wildman–Crippen MR) is 105 cm³/mol. The SMILES string of the molecule is CCOC(=O)c1ccc(N2CCN(Cc3cc(C)c(C)cc3O)CC2)nc1. The summed E-state index contributed by atoms with van der Waals surface area (Å²) in [5.41, 5.74) is 3.76. The molecule has 27 heavy (non-hydrogen) atoms. The van der Waals surface area contributed by atoms with Crippen molar-refractivity contribution in [3.05, 3.63) is 52.7 Å². The Bertz CT molecular complexity index is 797. The molecule has 0 aliphatic carbocycles. The van der Waals surface area contributed by atoms with E-state index >= 15 is 0 Å². The van der Waals surface area contributed by atoms with Gasteiger partial charge in [0.25, 0.3) is 0 Å². The van der Waals surface area contributed by atoms with Crippen molar-refractivity contribution in [2.24, 2.45) is 0 Å². The number of phenolic OH excluding ortho intramolecular Hbond substituents is 1. The van der Waals surface area contributed by atoms with Crippen LogP contribution in [0.3, 0.4) is 0 Å². The Morgan fingerprint density at radius 2 is 1.85 bits per heavy atom. The third-order valence-corrected chi connectivity index (χ3v) is 5.04. The molecule has 0 saturated carbocycles. The lowest BCUT2D eigenvalue weighted by Gasteiger charge is -2.35. The molecule has 1 aromatic heterocycles. The maximum atomic E-state index is 11.7. The van der Waals surface area contributed by atoms with Crippen LogP contribution >= 0.6 is 0 Å². The summed E-state index contributed by atoms with van der Waals surface area (Å²) in [5.74, 6) is 0.906. The first-order valence-corrected chi connectivity index (χ1v) is 9.37. The van der Waals surface area contributed by atoms with Gasteiger partial charge in [0.05, 0.1) is 12.2 Å². The van der Waals surface area contributed by atoms with Crippen molar-refractivity contribution >= 4 is 11.8 Å². The molecule has 144 valence electrons. The first-order valence-electron chi connectivity index (χ1n) is 9.37. The summed E-state index contributed by atoms with van der Waals surface area (Å²) in [5, 5.41) is 10.2. The summed E-state index contributed by atoms with van der Waals surface area (Å²) < 4.78 is 4.99. The summed E-state index contributed by atoms with van der Waals surface area (Å²) in [6, 6.07) is 7.56. The van der Waals surface area contributed by atoms with E-state index < -0.39 is 0 Å². The van der Waals surface area contributed by atoms with Crippen LogP contribution in [-0.4, -0.2) is 53.7 Å². The van der Waals surface area contributed by atoms with Crippen LogP contribution in [0.15, 0.2) is 30.5 Å². The van der Waals surface area contributed by atoms with E-state index in [2.05, 4.69) is 27.8 Å². The number of aromatic hydroxyl groups is 1. The quantitative estimate of drug-likeness (QED) is 0.818. The average molecular weight is 369 g/mol. The molecule has 2 heterocycles. The number of hydrogen-bond donors (Lipinski definition) is 1. The van der Waals surface area contributed by atoms with Crippen LogP contribution in [0.5, 0.6) is 5.75 Å². The molecule has 0 amide bonds. The second-order valence-electron chi connectivity index (χ2n) is 6.95. The lowest BCUT2D eigenvalue weighted by Crippen LogP contribution is -2.46. The third kappa shape index (κ3) is 4.57. The second-order valence-corrected chi connectivity index (χ2v) is 6.95. The third-order valence-electron chi connectivity index (χ3n) is 5.04. The maximum Gasteiger partial charge on any atom is 0.339 e. The number of carbonyl (C=O) groups excluding carboxylic acids is 1. The summed E-state index contributed by atoms with van der Waals surface area (Å²) in [7, 11) is 0. The van der Waals surface area contributed by atoms with Gasteiger partial charge in [0.15, 0.2) is 0 Å². The number of carbonyl (C=O) groups is 1. The molecule has 1 fully saturated rings. The zero-order chi connectivity index (χ0) is 19.4. The van der Waals surface area contributed by atoms with E-state index in [9.17, 15) is 9.90 Å². The lowest BCUT2D eigenvalue weighted by molar-refractivity contribution is 0.0526. The largest absolute Gasteiger partial charge is 0.508 e. The number of piperazine rings is 1. The Morgan fingerprint density at radius 1 is 1.15 bits per heavy atom. The molecule has 2 aromatic rings. The molecule has 0 spiro atoms. The fourth-order valence-electron chi connectivity index (χ4n) is 3.27. The number of ether oxygens (including phenoxy) is 1. The molecule has 0 unspecified atom stereocenters. The predicted octanol–water partition coefficient (Wildman–Crippen LogP) is 2.90. The van der Waals surface area contributed by atoms with E-state index in [1.165, 1.54) is 5.56 Å². The number of nitrogens with zero attached hydrogens (tertiary/aromatic N) is 3. The van der Waals surface area contributed by atoms with Crippen molar-refractivity contribution in [3.8, 4) is 5.75 Å². The van der Waals surface area contributed by atoms with Gasteiger partial charge in [-0.25, -0.2) is 9.78 Å². The number of esters is 1.